The van der Waals surface area contributed by atoms with E-state index in [1.54, 1.807) is 12.1 Å². The van der Waals surface area contributed by atoms with Crippen LogP contribution in [0.25, 0.3) is 0 Å². The molecule has 1 aromatic carbocycles. The quantitative estimate of drug-likeness (QED) is 0.646. The number of benzene rings is 1. The molecule has 0 unspecified atom stereocenters. The van der Waals surface area contributed by atoms with Crippen molar-refractivity contribution in [2.45, 2.75) is 57.7 Å². The average Bonchev–Trinajstić information content (AvgIpc) is 2.68. The number of alkyl halides is 3. The van der Waals surface area contributed by atoms with Crippen molar-refractivity contribution in [1.82, 2.24) is 10.6 Å². The smallest absolute Gasteiger partial charge is 0.422 e. The minimum Gasteiger partial charge on any atom is -0.484 e. The molecular weight excluding hydrogens is 409 g/mol. The van der Waals surface area contributed by atoms with Gasteiger partial charge in [0.05, 0.1) is 6.54 Å². The van der Waals surface area contributed by atoms with E-state index in [0.717, 1.165) is 42.6 Å². The summed E-state index contributed by atoms with van der Waals surface area (Å²) < 4.78 is 41.2. The average molecular weight is 438 g/mol. The van der Waals surface area contributed by atoms with Gasteiger partial charge in [0.25, 0.3) is 0 Å². The lowest BCUT2D eigenvalue weighted by Crippen LogP contribution is -2.48. The molecule has 1 aromatic rings. The number of nitrogens with one attached hydrogen (secondary N) is 2. The van der Waals surface area contributed by atoms with Crippen molar-refractivity contribution in [3.8, 4) is 5.75 Å². The summed E-state index contributed by atoms with van der Waals surface area (Å²) in [5.41, 5.74) is 0.873. The Kier molecular flexibility index (Phi) is 6.17. The predicted molar refractivity (Wildman–Crippen MR) is 108 cm³/mol. The fraction of sp³-hybridized carbons (Fsp3) is 0.652. The standard InChI is InChI=1S/C23H29F3N2O3/c24-23(25,26)14-31-19-3-1-15(2-4-19)12-27-21(30)13-28-20(29)11-22-8-16-5-17(9-22)7-18(6-16)10-22/h1-4,16-18H,5-14H2,(H,27,30)(H,28,29). The summed E-state index contributed by atoms with van der Waals surface area (Å²) in [4.78, 5) is 24.6. The van der Waals surface area contributed by atoms with Crippen LogP contribution in [0.5, 0.6) is 5.75 Å². The van der Waals surface area contributed by atoms with Gasteiger partial charge in [0.1, 0.15) is 5.75 Å². The van der Waals surface area contributed by atoms with Gasteiger partial charge in [-0.1, -0.05) is 12.1 Å². The third kappa shape index (κ3) is 5.92. The van der Waals surface area contributed by atoms with Crippen LogP contribution in [0.4, 0.5) is 13.2 Å². The molecular formula is C23H29F3N2O3. The van der Waals surface area contributed by atoms with Crippen LogP contribution in [0.1, 0.15) is 50.5 Å². The fourth-order valence-electron chi connectivity index (χ4n) is 6.22. The largest absolute Gasteiger partial charge is 0.484 e. The molecule has 8 heteroatoms. The summed E-state index contributed by atoms with van der Waals surface area (Å²) in [6.07, 6.45) is 3.59. The van der Waals surface area contributed by atoms with E-state index in [2.05, 4.69) is 15.4 Å². The molecule has 31 heavy (non-hydrogen) atoms. The van der Waals surface area contributed by atoms with Gasteiger partial charge in [-0.25, -0.2) is 0 Å². The van der Waals surface area contributed by atoms with E-state index in [1.807, 2.05) is 0 Å². The molecule has 0 heterocycles. The second kappa shape index (κ2) is 8.71. The van der Waals surface area contributed by atoms with Crippen molar-refractivity contribution >= 4 is 11.8 Å². The fourth-order valence-corrected chi connectivity index (χ4v) is 6.22. The number of carbonyl (C=O) groups excluding carboxylic acids is 2. The maximum absolute atomic E-state index is 12.5. The zero-order valence-corrected chi connectivity index (χ0v) is 17.5. The molecule has 0 aromatic heterocycles. The van der Waals surface area contributed by atoms with Crippen molar-refractivity contribution in [3.63, 3.8) is 0 Å². The van der Waals surface area contributed by atoms with Gasteiger partial charge in [-0.15, -0.1) is 0 Å². The first-order chi connectivity index (χ1) is 14.7. The van der Waals surface area contributed by atoms with Crippen LogP contribution in [0.15, 0.2) is 24.3 Å². The van der Waals surface area contributed by atoms with Gasteiger partial charge in [-0.3, -0.25) is 9.59 Å². The Hall–Kier alpha value is -2.25. The monoisotopic (exact) mass is 438 g/mol. The third-order valence-corrected chi connectivity index (χ3v) is 6.96. The van der Waals surface area contributed by atoms with Gasteiger partial charge in [0.2, 0.25) is 11.8 Å². The summed E-state index contributed by atoms with van der Waals surface area (Å²) in [6, 6.07) is 6.05. The maximum atomic E-state index is 12.5. The molecule has 170 valence electrons. The van der Waals surface area contributed by atoms with E-state index in [1.165, 1.54) is 31.4 Å². The molecule has 4 saturated carbocycles. The highest BCUT2D eigenvalue weighted by atomic mass is 19.4. The number of carbonyl (C=O) groups is 2. The maximum Gasteiger partial charge on any atom is 0.422 e. The second-order valence-electron chi connectivity index (χ2n) is 9.70. The first-order valence-corrected chi connectivity index (χ1v) is 11.0. The summed E-state index contributed by atoms with van der Waals surface area (Å²) in [5, 5.41) is 5.47. The number of hydrogen-bond acceptors (Lipinski definition) is 3. The lowest BCUT2D eigenvalue weighted by atomic mass is 9.49. The minimum atomic E-state index is -4.38. The number of hydrogen-bond donors (Lipinski definition) is 2. The predicted octanol–water partition coefficient (Wildman–Crippen LogP) is 3.97. The number of halogens is 3. The summed E-state index contributed by atoms with van der Waals surface area (Å²) in [6.45, 7) is -1.19. The van der Waals surface area contributed by atoms with Crippen molar-refractivity contribution in [2.24, 2.45) is 23.2 Å². The molecule has 4 fully saturated rings. The van der Waals surface area contributed by atoms with Gasteiger partial charge < -0.3 is 15.4 Å². The number of rotatable bonds is 8. The highest BCUT2D eigenvalue weighted by Crippen LogP contribution is 2.61. The van der Waals surface area contributed by atoms with Crippen LogP contribution in [0.2, 0.25) is 0 Å². The van der Waals surface area contributed by atoms with E-state index >= 15 is 0 Å². The van der Waals surface area contributed by atoms with E-state index in [9.17, 15) is 22.8 Å². The minimum absolute atomic E-state index is 0.0525. The molecule has 2 amide bonds. The van der Waals surface area contributed by atoms with Crippen molar-refractivity contribution in [3.05, 3.63) is 29.8 Å². The SMILES string of the molecule is O=C(CNC(=O)CC12CC3CC(CC(C3)C1)C2)NCc1ccc(OCC(F)(F)F)cc1. The first-order valence-electron chi connectivity index (χ1n) is 11.0. The summed E-state index contributed by atoms with van der Waals surface area (Å²) >= 11 is 0. The van der Waals surface area contributed by atoms with Crippen molar-refractivity contribution in [1.29, 1.82) is 0 Å². The van der Waals surface area contributed by atoms with Gasteiger partial charge in [0, 0.05) is 13.0 Å². The first kappa shape index (κ1) is 22.0. The summed E-state index contributed by atoms with van der Waals surface area (Å²) in [5.74, 6) is 2.12. The third-order valence-electron chi connectivity index (χ3n) is 6.96. The molecule has 4 aliphatic rings. The lowest BCUT2D eigenvalue weighted by Gasteiger charge is -2.56. The number of amides is 2. The van der Waals surface area contributed by atoms with Gasteiger partial charge in [-0.05, 0) is 79.4 Å². The normalized spacial score (nSPS) is 28.9. The Morgan fingerprint density at radius 2 is 1.52 bits per heavy atom. The highest BCUT2D eigenvalue weighted by Gasteiger charge is 2.51. The van der Waals surface area contributed by atoms with Crippen LogP contribution >= 0.6 is 0 Å². The highest BCUT2D eigenvalue weighted by molar-refractivity contribution is 5.84. The molecule has 4 bridgehead atoms. The molecule has 5 rings (SSSR count). The molecule has 0 aliphatic heterocycles. The molecule has 4 aliphatic carbocycles. The Balaban J connectivity index is 1.16. The molecule has 0 radical (unpaired) electrons. The van der Waals surface area contributed by atoms with Crippen LogP contribution in [-0.2, 0) is 16.1 Å². The van der Waals surface area contributed by atoms with Crippen molar-refractivity contribution in [2.75, 3.05) is 13.2 Å². The lowest BCUT2D eigenvalue weighted by molar-refractivity contribution is -0.153. The van der Waals surface area contributed by atoms with E-state index in [4.69, 9.17) is 0 Å². The molecule has 0 atom stereocenters. The molecule has 5 nitrogen and oxygen atoms in total. The van der Waals surface area contributed by atoms with Crippen LogP contribution in [0, 0.1) is 23.2 Å². The topological polar surface area (TPSA) is 67.4 Å². The van der Waals surface area contributed by atoms with Gasteiger partial charge in [-0.2, -0.15) is 13.2 Å². The molecule has 0 spiro atoms. The van der Waals surface area contributed by atoms with E-state index in [-0.39, 0.29) is 36.1 Å². The van der Waals surface area contributed by atoms with Crippen LogP contribution < -0.4 is 15.4 Å². The van der Waals surface area contributed by atoms with Gasteiger partial charge >= 0.3 is 6.18 Å². The Morgan fingerprint density at radius 3 is 2.06 bits per heavy atom. The summed E-state index contributed by atoms with van der Waals surface area (Å²) in [7, 11) is 0. The molecule has 2 N–H and O–H groups in total. The van der Waals surface area contributed by atoms with Crippen molar-refractivity contribution < 1.29 is 27.5 Å². The van der Waals surface area contributed by atoms with Crippen LogP contribution in [0.3, 0.4) is 0 Å². The second-order valence-corrected chi connectivity index (χ2v) is 9.70. The Morgan fingerprint density at radius 1 is 0.935 bits per heavy atom. The van der Waals surface area contributed by atoms with E-state index in [0.29, 0.717) is 6.42 Å². The van der Waals surface area contributed by atoms with Gasteiger partial charge in [0.15, 0.2) is 6.61 Å². The zero-order chi connectivity index (χ0) is 22.1. The van der Waals surface area contributed by atoms with E-state index < -0.39 is 12.8 Å². The Labute approximate surface area is 180 Å². The molecule has 0 saturated heterocycles. The zero-order valence-electron chi connectivity index (χ0n) is 17.5. The Bertz CT molecular complexity index is 772. The number of ether oxygens (including phenoxy) is 1. The van der Waals surface area contributed by atoms with Crippen LogP contribution in [-0.4, -0.2) is 31.1 Å².